The van der Waals surface area contributed by atoms with E-state index in [1.807, 2.05) is 30.4 Å². The molecular formula is C19H20ClN5S. The molecule has 0 atom stereocenters. The second-order valence-electron chi connectivity index (χ2n) is 6.91. The summed E-state index contributed by atoms with van der Waals surface area (Å²) in [5.74, 6) is 2.87. The first-order chi connectivity index (χ1) is 12.7. The molecule has 2 aliphatic rings. The van der Waals surface area contributed by atoms with Gasteiger partial charge in [0.15, 0.2) is 0 Å². The van der Waals surface area contributed by atoms with Crippen LogP contribution < -0.4 is 9.80 Å². The molecule has 1 aliphatic heterocycles. The van der Waals surface area contributed by atoms with Gasteiger partial charge in [-0.25, -0.2) is 15.0 Å². The predicted molar refractivity (Wildman–Crippen MR) is 108 cm³/mol. The summed E-state index contributed by atoms with van der Waals surface area (Å²) in [6, 6.07) is 3.78. The minimum absolute atomic E-state index is 0.719. The largest absolute Gasteiger partial charge is 0.352 e. The Hall–Kier alpha value is -1.92. The van der Waals surface area contributed by atoms with Crippen molar-refractivity contribution >= 4 is 44.8 Å². The van der Waals surface area contributed by atoms with Crippen molar-refractivity contribution in [1.82, 2.24) is 15.0 Å². The van der Waals surface area contributed by atoms with Crippen molar-refractivity contribution in [3.05, 3.63) is 39.6 Å². The molecule has 0 saturated carbocycles. The van der Waals surface area contributed by atoms with E-state index in [-0.39, 0.29) is 0 Å². The first-order valence-corrected chi connectivity index (χ1v) is 10.3. The molecule has 1 fully saturated rings. The molecule has 0 N–H and O–H groups in total. The number of hydrogen-bond donors (Lipinski definition) is 0. The molecule has 26 heavy (non-hydrogen) atoms. The van der Waals surface area contributed by atoms with Crippen LogP contribution in [-0.2, 0) is 12.8 Å². The Morgan fingerprint density at radius 3 is 2.58 bits per heavy atom. The SMILES string of the molecule is Cc1nc(N2CCN(c3ncccc3Cl)CC2)c2c3c(sc2n1)CCC3. The first kappa shape index (κ1) is 16.3. The number of aryl methyl sites for hydroxylation is 3. The van der Waals surface area contributed by atoms with Crippen LogP contribution in [0, 0.1) is 6.92 Å². The highest BCUT2D eigenvalue weighted by atomic mass is 35.5. The normalized spacial score (nSPS) is 17.2. The number of halogens is 1. The zero-order chi connectivity index (χ0) is 17.7. The quantitative estimate of drug-likeness (QED) is 0.670. The van der Waals surface area contributed by atoms with Gasteiger partial charge in [-0.15, -0.1) is 11.3 Å². The summed E-state index contributed by atoms with van der Waals surface area (Å²) < 4.78 is 0. The van der Waals surface area contributed by atoms with Crippen LogP contribution >= 0.6 is 22.9 Å². The maximum atomic E-state index is 6.32. The molecule has 5 nitrogen and oxygen atoms in total. The Kier molecular flexibility index (Phi) is 3.98. The fourth-order valence-electron chi connectivity index (χ4n) is 4.05. The smallest absolute Gasteiger partial charge is 0.147 e. The van der Waals surface area contributed by atoms with E-state index in [1.54, 1.807) is 6.20 Å². The highest BCUT2D eigenvalue weighted by Gasteiger charge is 2.27. The van der Waals surface area contributed by atoms with Gasteiger partial charge >= 0.3 is 0 Å². The molecule has 134 valence electrons. The molecule has 0 spiro atoms. The zero-order valence-electron chi connectivity index (χ0n) is 14.7. The lowest BCUT2D eigenvalue weighted by Crippen LogP contribution is -2.47. The standard InChI is InChI=1S/C19H20ClN5S/c1-12-22-18(16-13-4-2-6-15(13)26-19(16)23-12)25-10-8-24(9-11-25)17-14(20)5-3-7-21-17/h3,5,7H,2,4,6,8-11H2,1H3. The molecule has 4 heterocycles. The molecule has 0 unspecified atom stereocenters. The van der Waals surface area contributed by atoms with Crippen LogP contribution in [0.3, 0.4) is 0 Å². The average Bonchev–Trinajstić information content (AvgIpc) is 3.22. The van der Waals surface area contributed by atoms with Crippen molar-refractivity contribution in [2.24, 2.45) is 0 Å². The van der Waals surface area contributed by atoms with Crippen molar-refractivity contribution in [3.8, 4) is 0 Å². The molecule has 1 saturated heterocycles. The lowest BCUT2D eigenvalue weighted by atomic mass is 10.1. The van der Waals surface area contributed by atoms with Gasteiger partial charge in [-0.2, -0.15) is 0 Å². The third-order valence-electron chi connectivity index (χ3n) is 5.28. The average molecular weight is 386 g/mol. The van der Waals surface area contributed by atoms with Crippen LogP contribution in [0.15, 0.2) is 18.3 Å². The van der Waals surface area contributed by atoms with Crippen LogP contribution in [0.1, 0.15) is 22.7 Å². The number of thiophene rings is 1. The Morgan fingerprint density at radius 1 is 1.04 bits per heavy atom. The first-order valence-electron chi connectivity index (χ1n) is 9.10. The third-order valence-corrected chi connectivity index (χ3v) is 6.76. The Balaban J connectivity index is 1.46. The number of hydrogen-bond acceptors (Lipinski definition) is 6. The molecule has 7 heteroatoms. The van der Waals surface area contributed by atoms with E-state index in [4.69, 9.17) is 21.6 Å². The zero-order valence-corrected chi connectivity index (χ0v) is 16.3. The van der Waals surface area contributed by atoms with Gasteiger partial charge in [0.2, 0.25) is 0 Å². The fourth-order valence-corrected chi connectivity index (χ4v) is 5.59. The van der Waals surface area contributed by atoms with E-state index in [9.17, 15) is 0 Å². The maximum Gasteiger partial charge on any atom is 0.147 e. The lowest BCUT2D eigenvalue weighted by Gasteiger charge is -2.36. The number of fused-ring (bicyclic) bond motifs is 3. The van der Waals surface area contributed by atoms with E-state index in [1.165, 1.54) is 28.7 Å². The number of piperazine rings is 1. The fraction of sp³-hybridized carbons (Fsp3) is 0.421. The van der Waals surface area contributed by atoms with Gasteiger partial charge < -0.3 is 9.80 Å². The van der Waals surface area contributed by atoms with Gasteiger partial charge in [-0.1, -0.05) is 11.6 Å². The van der Waals surface area contributed by atoms with Crippen LogP contribution in [-0.4, -0.2) is 41.1 Å². The summed E-state index contributed by atoms with van der Waals surface area (Å²) in [5, 5.41) is 2.02. The monoisotopic (exact) mass is 385 g/mol. The van der Waals surface area contributed by atoms with Crippen LogP contribution in [0.4, 0.5) is 11.6 Å². The summed E-state index contributed by atoms with van der Waals surface area (Å²) in [6.45, 7) is 5.63. The number of pyridine rings is 1. The predicted octanol–water partition coefficient (Wildman–Crippen LogP) is 3.86. The maximum absolute atomic E-state index is 6.32. The second kappa shape index (κ2) is 6.35. The summed E-state index contributed by atoms with van der Waals surface area (Å²) in [5.41, 5.74) is 1.50. The highest BCUT2D eigenvalue weighted by molar-refractivity contribution is 7.19. The van der Waals surface area contributed by atoms with Gasteiger partial charge in [0, 0.05) is 37.3 Å². The number of anilines is 2. The van der Waals surface area contributed by atoms with Crippen LogP contribution in [0.25, 0.3) is 10.2 Å². The van der Waals surface area contributed by atoms with E-state index in [0.29, 0.717) is 0 Å². The molecule has 0 radical (unpaired) electrons. The summed E-state index contributed by atoms with van der Waals surface area (Å²) >= 11 is 8.18. The van der Waals surface area contributed by atoms with Crippen LogP contribution in [0.5, 0.6) is 0 Å². The molecule has 1 aliphatic carbocycles. The van der Waals surface area contributed by atoms with Crippen molar-refractivity contribution in [2.75, 3.05) is 36.0 Å². The number of nitrogens with zero attached hydrogens (tertiary/aromatic N) is 5. The molecule has 0 amide bonds. The van der Waals surface area contributed by atoms with E-state index in [2.05, 4.69) is 14.8 Å². The van der Waals surface area contributed by atoms with E-state index >= 15 is 0 Å². The molecule has 3 aromatic rings. The molecule has 5 rings (SSSR count). The van der Waals surface area contributed by atoms with Gasteiger partial charge in [0.25, 0.3) is 0 Å². The second-order valence-corrected chi connectivity index (χ2v) is 8.41. The van der Waals surface area contributed by atoms with Gasteiger partial charge in [0.05, 0.1) is 10.4 Å². The van der Waals surface area contributed by atoms with Crippen molar-refractivity contribution in [2.45, 2.75) is 26.2 Å². The van der Waals surface area contributed by atoms with Gasteiger partial charge in [-0.05, 0) is 43.9 Å². The van der Waals surface area contributed by atoms with E-state index in [0.717, 1.165) is 59.9 Å². The number of aromatic nitrogens is 3. The van der Waals surface area contributed by atoms with Crippen molar-refractivity contribution in [1.29, 1.82) is 0 Å². The Morgan fingerprint density at radius 2 is 1.81 bits per heavy atom. The topological polar surface area (TPSA) is 45.2 Å². The summed E-state index contributed by atoms with van der Waals surface area (Å²) in [4.78, 5) is 21.4. The summed E-state index contributed by atoms with van der Waals surface area (Å²) in [7, 11) is 0. The Bertz CT molecular complexity index is 977. The van der Waals surface area contributed by atoms with E-state index < -0.39 is 0 Å². The lowest BCUT2D eigenvalue weighted by molar-refractivity contribution is 0.642. The minimum Gasteiger partial charge on any atom is -0.352 e. The Labute approximate surface area is 161 Å². The van der Waals surface area contributed by atoms with Crippen molar-refractivity contribution in [3.63, 3.8) is 0 Å². The van der Waals surface area contributed by atoms with Gasteiger partial charge in [0.1, 0.15) is 22.3 Å². The highest BCUT2D eigenvalue weighted by Crippen LogP contribution is 2.40. The molecule has 0 bridgehead atoms. The van der Waals surface area contributed by atoms with Crippen molar-refractivity contribution < 1.29 is 0 Å². The molecule has 0 aromatic carbocycles. The number of rotatable bonds is 2. The molecular weight excluding hydrogens is 366 g/mol. The minimum atomic E-state index is 0.719. The molecule has 3 aromatic heterocycles. The van der Waals surface area contributed by atoms with Gasteiger partial charge in [-0.3, -0.25) is 0 Å². The summed E-state index contributed by atoms with van der Waals surface area (Å²) in [6.07, 6.45) is 5.43. The van der Waals surface area contributed by atoms with Crippen LogP contribution in [0.2, 0.25) is 5.02 Å². The third kappa shape index (κ3) is 2.63.